The van der Waals surface area contributed by atoms with Gasteiger partial charge in [-0.05, 0) is 48.4 Å². The summed E-state index contributed by atoms with van der Waals surface area (Å²) in [5, 5.41) is 0. The highest BCUT2D eigenvalue weighted by molar-refractivity contribution is 5.31. The van der Waals surface area contributed by atoms with Crippen LogP contribution in [0, 0.1) is 5.82 Å². The van der Waals surface area contributed by atoms with E-state index in [0.29, 0.717) is 5.75 Å². The maximum absolute atomic E-state index is 13.0. The monoisotopic (exact) mass is 289 g/mol. The van der Waals surface area contributed by atoms with E-state index in [9.17, 15) is 4.39 Å². The molecule has 0 amide bonds. The number of rotatable bonds is 6. The summed E-state index contributed by atoms with van der Waals surface area (Å²) < 4.78 is 24.1. The second kappa shape index (κ2) is 7.09. The van der Waals surface area contributed by atoms with Crippen LogP contribution in [0.4, 0.5) is 4.39 Å². The van der Waals surface area contributed by atoms with Crippen molar-refractivity contribution in [2.24, 2.45) is 5.73 Å². The van der Waals surface area contributed by atoms with Gasteiger partial charge in [0.2, 0.25) is 0 Å². The van der Waals surface area contributed by atoms with E-state index in [1.165, 1.54) is 12.1 Å². The van der Waals surface area contributed by atoms with Gasteiger partial charge in [-0.3, -0.25) is 0 Å². The van der Waals surface area contributed by atoms with Crippen LogP contribution >= 0.6 is 0 Å². The lowest BCUT2D eigenvalue weighted by Gasteiger charge is -2.25. The number of hydrogen-bond donors (Lipinski definition) is 1. The number of benzene rings is 2. The summed E-state index contributed by atoms with van der Waals surface area (Å²) in [6.07, 6.45) is 0.490. The fourth-order valence-electron chi connectivity index (χ4n) is 2.07. The predicted octanol–water partition coefficient (Wildman–Crippen LogP) is 3.69. The maximum Gasteiger partial charge on any atom is 0.139 e. The molecule has 3 nitrogen and oxygen atoms in total. The molecule has 2 rings (SSSR count). The molecule has 0 aliphatic heterocycles. The molecule has 0 saturated heterocycles. The van der Waals surface area contributed by atoms with Gasteiger partial charge in [-0.1, -0.05) is 19.1 Å². The van der Waals surface area contributed by atoms with E-state index in [1.54, 1.807) is 19.2 Å². The van der Waals surface area contributed by atoms with E-state index >= 15 is 0 Å². The number of nitrogens with two attached hydrogens (primary N) is 1. The Balaban J connectivity index is 2.22. The summed E-state index contributed by atoms with van der Waals surface area (Å²) in [6.45, 7) is 2.01. The van der Waals surface area contributed by atoms with Gasteiger partial charge in [0, 0.05) is 6.04 Å². The first kappa shape index (κ1) is 15.3. The van der Waals surface area contributed by atoms with Gasteiger partial charge in [0.1, 0.15) is 23.4 Å². The van der Waals surface area contributed by atoms with Gasteiger partial charge >= 0.3 is 0 Å². The smallest absolute Gasteiger partial charge is 0.139 e. The Hall–Kier alpha value is -2.07. The fraction of sp³-hybridized carbons (Fsp3) is 0.294. The normalized spacial score (nSPS) is 13.5. The third kappa shape index (κ3) is 3.95. The molecule has 0 aromatic heterocycles. The average Bonchev–Trinajstić information content (AvgIpc) is 2.54. The van der Waals surface area contributed by atoms with Crippen LogP contribution in [0.25, 0.3) is 0 Å². The summed E-state index contributed by atoms with van der Waals surface area (Å²) >= 11 is 0. The Morgan fingerprint density at radius 3 is 2.10 bits per heavy atom. The highest BCUT2D eigenvalue weighted by Crippen LogP contribution is 2.27. The van der Waals surface area contributed by atoms with E-state index in [1.807, 2.05) is 31.2 Å². The van der Waals surface area contributed by atoms with Crippen LogP contribution in [0.3, 0.4) is 0 Å². The van der Waals surface area contributed by atoms with E-state index in [2.05, 4.69) is 0 Å². The highest BCUT2D eigenvalue weighted by Gasteiger charge is 2.20. The molecule has 0 bridgehead atoms. The quantitative estimate of drug-likeness (QED) is 0.882. The van der Waals surface area contributed by atoms with Gasteiger partial charge in [-0.25, -0.2) is 4.39 Å². The second-order valence-corrected chi connectivity index (χ2v) is 4.84. The van der Waals surface area contributed by atoms with Crippen LogP contribution in [-0.4, -0.2) is 13.2 Å². The molecule has 2 atom stereocenters. The Labute approximate surface area is 124 Å². The molecule has 0 radical (unpaired) electrons. The molecular weight excluding hydrogens is 269 g/mol. The van der Waals surface area contributed by atoms with Crippen LogP contribution in [0.15, 0.2) is 48.5 Å². The molecule has 0 fully saturated rings. The SMILES string of the molecule is CCC(N)C(Oc1ccc(F)cc1)c1ccc(OC)cc1. The van der Waals surface area contributed by atoms with Crippen molar-refractivity contribution >= 4 is 0 Å². The van der Waals surface area contributed by atoms with Crippen molar-refractivity contribution in [3.8, 4) is 11.5 Å². The summed E-state index contributed by atoms with van der Waals surface area (Å²) in [4.78, 5) is 0. The Kier molecular flexibility index (Phi) is 5.17. The zero-order chi connectivity index (χ0) is 15.2. The lowest BCUT2D eigenvalue weighted by molar-refractivity contribution is 0.171. The first-order chi connectivity index (χ1) is 10.1. The standard InChI is InChI=1S/C17H20FNO2/c1-3-16(19)17(12-4-8-14(20-2)9-5-12)21-15-10-6-13(18)7-11-15/h4-11,16-17H,3,19H2,1-2H3. The minimum atomic E-state index is -0.289. The minimum absolute atomic E-state index is 0.150. The average molecular weight is 289 g/mol. The number of ether oxygens (including phenoxy) is 2. The number of hydrogen-bond acceptors (Lipinski definition) is 3. The van der Waals surface area contributed by atoms with Gasteiger partial charge in [0.25, 0.3) is 0 Å². The van der Waals surface area contributed by atoms with Gasteiger partial charge in [0.05, 0.1) is 7.11 Å². The lowest BCUT2D eigenvalue weighted by atomic mass is 10.0. The Morgan fingerprint density at radius 2 is 1.57 bits per heavy atom. The summed E-state index contributed by atoms with van der Waals surface area (Å²) in [5.74, 6) is 1.09. The summed E-state index contributed by atoms with van der Waals surface area (Å²) in [5.41, 5.74) is 7.13. The molecule has 112 valence electrons. The van der Waals surface area contributed by atoms with Gasteiger partial charge in [0.15, 0.2) is 0 Å². The van der Waals surface area contributed by atoms with Crippen molar-refractivity contribution < 1.29 is 13.9 Å². The van der Waals surface area contributed by atoms with Crippen molar-refractivity contribution in [3.05, 3.63) is 59.9 Å². The van der Waals surface area contributed by atoms with Crippen LogP contribution in [-0.2, 0) is 0 Å². The molecule has 4 heteroatoms. The van der Waals surface area contributed by atoms with Gasteiger partial charge in [-0.2, -0.15) is 0 Å². The van der Waals surface area contributed by atoms with Gasteiger partial charge < -0.3 is 15.2 Å². The molecule has 2 N–H and O–H groups in total. The predicted molar refractivity (Wildman–Crippen MR) is 81.0 cm³/mol. The van der Waals surface area contributed by atoms with Gasteiger partial charge in [-0.15, -0.1) is 0 Å². The zero-order valence-corrected chi connectivity index (χ0v) is 12.3. The third-order valence-electron chi connectivity index (χ3n) is 3.38. The van der Waals surface area contributed by atoms with Crippen molar-refractivity contribution in [1.29, 1.82) is 0 Å². The highest BCUT2D eigenvalue weighted by atomic mass is 19.1. The third-order valence-corrected chi connectivity index (χ3v) is 3.38. The number of methoxy groups -OCH3 is 1. The zero-order valence-electron chi connectivity index (χ0n) is 12.3. The Morgan fingerprint density at radius 1 is 1.00 bits per heavy atom. The molecule has 2 unspecified atom stereocenters. The maximum atomic E-state index is 13.0. The Bertz CT molecular complexity index is 554. The van der Waals surface area contributed by atoms with Crippen LogP contribution in [0.1, 0.15) is 25.0 Å². The lowest BCUT2D eigenvalue weighted by Crippen LogP contribution is -2.31. The molecule has 0 spiro atoms. The van der Waals surface area contributed by atoms with Crippen molar-refractivity contribution in [2.45, 2.75) is 25.5 Å². The molecule has 2 aromatic rings. The second-order valence-electron chi connectivity index (χ2n) is 4.84. The summed E-state index contributed by atoms with van der Waals surface area (Å²) in [7, 11) is 1.62. The van der Waals surface area contributed by atoms with E-state index in [0.717, 1.165) is 17.7 Å². The topological polar surface area (TPSA) is 44.5 Å². The number of halogens is 1. The minimum Gasteiger partial charge on any atom is -0.497 e. The fourth-order valence-corrected chi connectivity index (χ4v) is 2.07. The first-order valence-corrected chi connectivity index (χ1v) is 6.95. The largest absolute Gasteiger partial charge is 0.497 e. The molecule has 0 aliphatic carbocycles. The van der Waals surface area contributed by atoms with Crippen molar-refractivity contribution in [2.75, 3.05) is 7.11 Å². The molecule has 2 aromatic carbocycles. The van der Waals surface area contributed by atoms with Crippen LogP contribution < -0.4 is 15.2 Å². The molecule has 21 heavy (non-hydrogen) atoms. The first-order valence-electron chi connectivity index (χ1n) is 6.95. The van der Waals surface area contributed by atoms with Crippen molar-refractivity contribution in [1.82, 2.24) is 0 Å². The summed E-state index contributed by atoms with van der Waals surface area (Å²) in [6, 6.07) is 13.4. The molecule has 0 saturated carbocycles. The van der Waals surface area contributed by atoms with Crippen LogP contribution in [0.5, 0.6) is 11.5 Å². The van der Waals surface area contributed by atoms with E-state index in [-0.39, 0.29) is 18.0 Å². The molecule has 0 aliphatic rings. The molecular formula is C17H20FNO2. The van der Waals surface area contributed by atoms with E-state index < -0.39 is 0 Å². The van der Waals surface area contributed by atoms with Crippen LogP contribution in [0.2, 0.25) is 0 Å². The van der Waals surface area contributed by atoms with E-state index in [4.69, 9.17) is 15.2 Å². The van der Waals surface area contributed by atoms with Crippen molar-refractivity contribution in [3.63, 3.8) is 0 Å². The molecule has 0 heterocycles.